The van der Waals surface area contributed by atoms with Gasteiger partial charge in [0.2, 0.25) is 11.7 Å². The molecule has 176 valence electrons. The minimum absolute atomic E-state index is 0.159. The Bertz CT molecular complexity index is 1130. The molecule has 3 aromatic rings. The molecule has 0 bridgehead atoms. The summed E-state index contributed by atoms with van der Waals surface area (Å²) in [5, 5.41) is 10.9. The second-order valence-corrected chi connectivity index (χ2v) is 7.60. The van der Waals surface area contributed by atoms with Crippen molar-refractivity contribution in [3.05, 3.63) is 42.0 Å². The first-order valence-electron chi connectivity index (χ1n) is 9.48. The van der Waals surface area contributed by atoms with E-state index in [0.29, 0.717) is 33.8 Å². The molecule has 0 spiro atoms. The molecule has 1 N–H and O–H groups in total. The molecule has 12 heteroatoms. The Morgan fingerprint density at radius 1 is 1.06 bits per heavy atom. The fourth-order valence-corrected chi connectivity index (χ4v) is 3.77. The van der Waals surface area contributed by atoms with Gasteiger partial charge in [0, 0.05) is 12.6 Å². The molecule has 8 nitrogen and oxygen atoms in total. The van der Waals surface area contributed by atoms with E-state index < -0.39 is 17.6 Å². The van der Waals surface area contributed by atoms with Crippen LogP contribution in [0.5, 0.6) is 17.2 Å². The third-order valence-corrected chi connectivity index (χ3v) is 5.62. The molecule has 1 amide bonds. The van der Waals surface area contributed by atoms with Gasteiger partial charge in [-0.3, -0.25) is 4.79 Å². The monoisotopic (exact) mass is 482 g/mol. The van der Waals surface area contributed by atoms with Gasteiger partial charge in [-0.2, -0.15) is 13.2 Å². The van der Waals surface area contributed by atoms with Crippen LogP contribution in [0.15, 0.2) is 41.6 Å². The lowest BCUT2D eigenvalue weighted by molar-refractivity contribution is -0.137. The zero-order chi connectivity index (χ0) is 24.2. The second kappa shape index (κ2) is 10.0. The van der Waals surface area contributed by atoms with Gasteiger partial charge >= 0.3 is 6.18 Å². The third kappa shape index (κ3) is 5.33. The average molecular weight is 482 g/mol. The summed E-state index contributed by atoms with van der Waals surface area (Å²) in [6.45, 7) is 0. The third-order valence-electron chi connectivity index (χ3n) is 4.60. The van der Waals surface area contributed by atoms with E-state index in [2.05, 4.69) is 15.5 Å². The van der Waals surface area contributed by atoms with E-state index in [-0.39, 0.29) is 11.4 Å². The number of ether oxygens (including phenoxy) is 3. The molecule has 1 heterocycles. The van der Waals surface area contributed by atoms with Crippen LogP contribution in [0.1, 0.15) is 5.56 Å². The van der Waals surface area contributed by atoms with Crippen LogP contribution in [0.3, 0.4) is 0 Å². The molecule has 1 aromatic heterocycles. The number of thioether (sulfide) groups is 1. The van der Waals surface area contributed by atoms with Gasteiger partial charge in [-0.05, 0) is 24.3 Å². The first kappa shape index (κ1) is 24.2. The van der Waals surface area contributed by atoms with Crippen LogP contribution in [-0.2, 0) is 18.0 Å². The second-order valence-electron chi connectivity index (χ2n) is 6.66. The summed E-state index contributed by atoms with van der Waals surface area (Å²) >= 11 is 1.04. The molecular formula is C21H21F3N4O4S. The predicted octanol–water partition coefficient (Wildman–Crippen LogP) is 4.26. The molecule has 2 aromatic carbocycles. The van der Waals surface area contributed by atoms with Gasteiger partial charge in [0.05, 0.1) is 38.3 Å². The molecule has 3 rings (SSSR count). The highest BCUT2D eigenvalue weighted by molar-refractivity contribution is 7.99. The Labute approximate surface area is 192 Å². The number of para-hydroxylation sites is 1. The van der Waals surface area contributed by atoms with Crippen LogP contribution in [-0.4, -0.2) is 47.8 Å². The quantitative estimate of drug-likeness (QED) is 0.480. The number of carbonyl (C=O) groups is 1. The van der Waals surface area contributed by atoms with Crippen molar-refractivity contribution in [2.45, 2.75) is 11.3 Å². The maximum atomic E-state index is 13.1. The number of hydrogen-bond donors (Lipinski definition) is 1. The van der Waals surface area contributed by atoms with Crippen LogP contribution in [0, 0.1) is 0 Å². The number of carbonyl (C=O) groups excluding carboxylic acids is 1. The smallest absolute Gasteiger partial charge is 0.418 e. The van der Waals surface area contributed by atoms with E-state index in [0.717, 1.165) is 17.8 Å². The van der Waals surface area contributed by atoms with E-state index in [1.807, 2.05) is 0 Å². The van der Waals surface area contributed by atoms with Crippen molar-refractivity contribution >= 4 is 23.4 Å². The lowest BCUT2D eigenvalue weighted by Crippen LogP contribution is -2.18. The Morgan fingerprint density at radius 2 is 1.70 bits per heavy atom. The number of benzene rings is 2. The molecule has 0 unspecified atom stereocenters. The Kier molecular flexibility index (Phi) is 7.36. The molecular weight excluding hydrogens is 461 g/mol. The number of nitrogens with one attached hydrogen (secondary N) is 1. The summed E-state index contributed by atoms with van der Waals surface area (Å²) < 4.78 is 57.0. The van der Waals surface area contributed by atoms with E-state index in [1.54, 1.807) is 23.7 Å². The van der Waals surface area contributed by atoms with Crippen molar-refractivity contribution in [1.82, 2.24) is 14.8 Å². The van der Waals surface area contributed by atoms with Crippen LogP contribution in [0.4, 0.5) is 18.9 Å². The largest absolute Gasteiger partial charge is 0.493 e. The maximum absolute atomic E-state index is 13.1. The Morgan fingerprint density at radius 3 is 2.27 bits per heavy atom. The molecule has 0 aliphatic heterocycles. The summed E-state index contributed by atoms with van der Waals surface area (Å²) in [6.07, 6.45) is -4.57. The minimum Gasteiger partial charge on any atom is -0.493 e. The van der Waals surface area contributed by atoms with Gasteiger partial charge in [-0.25, -0.2) is 0 Å². The van der Waals surface area contributed by atoms with Gasteiger partial charge < -0.3 is 24.1 Å². The van der Waals surface area contributed by atoms with E-state index in [1.165, 1.54) is 39.5 Å². The van der Waals surface area contributed by atoms with Crippen LogP contribution in [0.25, 0.3) is 11.4 Å². The van der Waals surface area contributed by atoms with E-state index >= 15 is 0 Å². The summed E-state index contributed by atoms with van der Waals surface area (Å²) in [7, 11) is 6.19. The zero-order valence-electron chi connectivity index (χ0n) is 18.2. The molecule has 0 saturated carbocycles. The number of methoxy groups -OCH3 is 3. The maximum Gasteiger partial charge on any atom is 0.418 e. The number of nitrogens with zero attached hydrogens (tertiary/aromatic N) is 3. The first-order chi connectivity index (χ1) is 15.7. The number of anilines is 1. The Balaban J connectivity index is 1.76. The zero-order valence-corrected chi connectivity index (χ0v) is 19.0. The molecule has 0 saturated heterocycles. The van der Waals surface area contributed by atoms with Crippen LogP contribution >= 0.6 is 11.8 Å². The number of rotatable bonds is 8. The lowest BCUT2D eigenvalue weighted by Gasteiger charge is -2.14. The number of aromatic nitrogens is 3. The SMILES string of the molecule is COc1cc(-c2nnc(SCC(=O)Nc3ccccc3C(F)(F)F)n2C)cc(OC)c1OC. The van der Waals surface area contributed by atoms with E-state index in [9.17, 15) is 18.0 Å². The van der Waals surface area contributed by atoms with Crippen molar-refractivity contribution in [3.63, 3.8) is 0 Å². The van der Waals surface area contributed by atoms with Crippen molar-refractivity contribution in [1.29, 1.82) is 0 Å². The topological polar surface area (TPSA) is 87.5 Å². The molecule has 0 radical (unpaired) electrons. The van der Waals surface area contributed by atoms with Gasteiger partial charge in [0.1, 0.15) is 0 Å². The summed E-state index contributed by atoms with van der Waals surface area (Å²) in [5.74, 6) is 1.01. The molecule has 0 aliphatic carbocycles. The van der Waals surface area contributed by atoms with Gasteiger partial charge in [0.15, 0.2) is 22.5 Å². The number of halogens is 3. The standard InChI is InChI=1S/C21H21F3N4O4S/c1-28-19(12-9-15(30-2)18(32-4)16(10-12)31-3)26-27-20(28)33-11-17(29)25-14-8-6-5-7-13(14)21(22,23)24/h5-10H,11H2,1-4H3,(H,25,29). The predicted molar refractivity (Wildman–Crippen MR) is 117 cm³/mol. The van der Waals surface area contributed by atoms with Gasteiger partial charge in [-0.15, -0.1) is 10.2 Å². The number of hydrogen-bond acceptors (Lipinski definition) is 7. The summed E-state index contributed by atoms with van der Waals surface area (Å²) in [5.41, 5.74) is -0.576. The molecule has 0 aliphatic rings. The van der Waals surface area contributed by atoms with E-state index in [4.69, 9.17) is 14.2 Å². The van der Waals surface area contributed by atoms with Crippen molar-refractivity contribution < 1.29 is 32.2 Å². The highest BCUT2D eigenvalue weighted by Gasteiger charge is 2.33. The van der Waals surface area contributed by atoms with Crippen molar-refractivity contribution in [2.24, 2.45) is 7.05 Å². The number of amides is 1. The summed E-state index contributed by atoms with van der Waals surface area (Å²) in [4.78, 5) is 12.3. The molecule has 0 atom stereocenters. The van der Waals surface area contributed by atoms with Crippen LogP contribution < -0.4 is 19.5 Å². The molecule has 0 fully saturated rings. The average Bonchev–Trinajstić information content (AvgIpc) is 3.16. The van der Waals surface area contributed by atoms with Crippen LogP contribution in [0.2, 0.25) is 0 Å². The normalized spacial score (nSPS) is 11.2. The highest BCUT2D eigenvalue weighted by Crippen LogP contribution is 2.41. The minimum atomic E-state index is -4.57. The van der Waals surface area contributed by atoms with Crippen molar-refractivity contribution in [3.8, 4) is 28.6 Å². The fraction of sp³-hybridized carbons (Fsp3) is 0.286. The highest BCUT2D eigenvalue weighted by atomic mass is 32.2. The first-order valence-corrected chi connectivity index (χ1v) is 10.5. The van der Waals surface area contributed by atoms with Gasteiger partial charge in [-0.1, -0.05) is 23.9 Å². The molecule has 33 heavy (non-hydrogen) atoms. The fourth-order valence-electron chi connectivity index (χ4n) is 3.06. The number of alkyl halides is 3. The Hall–Kier alpha value is -3.41. The van der Waals surface area contributed by atoms with Gasteiger partial charge in [0.25, 0.3) is 0 Å². The lowest BCUT2D eigenvalue weighted by atomic mass is 10.1. The van der Waals surface area contributed by atoms with Crippen molar-refractivity contribution in [2.75, 3.05) is 32.4 Å². The summed E-state index contributed by atoms with van der Waals surface area (Å²) in [6, 6.07) is 8.22.